The van der Waals surface area contributed by atoms with Crippen LogP contribution in [-0.2, 0) is 5.41 Å². The normalized spacial score (nSPS) is 14.3. The average molecular weight is 707 g/mol. The minimum absolute atomic E-state index is 0.0323. The van der Waals surface area contributed by atoms with E-state index in [0.29, 0.717) is 5.82 Å². The number of benzene rings is 7. The van der Waals surface area contributed by atoms with Crippen LogP contribution in [0.4, 0.5) is 0 Å². The van der Waals surface area contributed by atoms with Crippen LogP contribution in [-0.4, -0.2) is 9.97 Å². The summed E-state index contributed by atoms with van der Waals surface area (Å²) in [6.07, 6.45) is 6.18. The molecule has 0 saturated heterocycles. The number of hydrogen-bond donors (Lipinski definition) is 0. The standard InChI is InChI=1S/C52H38N2O/c1-4-15-34(16-5-1)35-27-29-37(30-28-35)51-53-46(36-17-6-2-7-18-36)33-47(54-51)44-25-14-24-43-42-23-13-22-41(49(42)55-50(43)44)40-21-12-20-39-38-19-8-9-26-45(38)52(48(39)40)31-10-3-11-32-52/h1-2,4-9,12-30,33H,3,10-11,31-32H2. The Hall–Kier alpha value is -6.58. The third kappa shape index (κ3) is 5.11. The zero-order valence-electron chi connectivity index (χ0n) is 30.5. The Balaban J connectivity index is 1.09. The molecular weight excluding hydrogens is 669 g/mol. The van der Waals surface area contributed by atoms with Crippen molar-refractivity contribution in [3.8, 4) is 67.3 Å². The van der Waals surface area contributed by atoms with Crippen molar-refractivity contribution in [1.82, 2.24) is 9.97 Å². The van der Waals surface area contributed by atoms with Gasteiger partial charge in [0.2, 0.25) is 0 Å². The van der Waals surface area contributed by atoms with Gasteiger partial charge in [-0.05, 0) is 63.9 Å². The van der Waals surface area contributed by atoms with Crippen LogP contribution in [0.25, 0.3) is 89.2 Å². The third-order valence-electron chi connectivity index (χ3n) is 12.1. The van der Waals surface area contributed by atoms with Gasteiger partial charge in [-0.15, -0.1) is 0 Å². The highest BCUT2D eigenvalue weighted by Gasteiger charge is 2.45. The quantitative estimate of drug-likeness (QED) is 0.179. The van der Waals surface area contributed by atoms with E-state index in [-0.39, 0.29) is 5.41 Å². The molecule has 3 nitrogen and oxygen atoms in total. The van der Waals surface area contributed by atoms with Gasteiger partial charge in [0.25, 0.3) is 0 Å². The molecule has 0 atom stereocenters. The van der Waals surface area contributed by atoms with E-state index in [1.165, 1.54) is 65.5 Å². The fraction of sp³-hybridized carbons (Fsp3) is 0.115. The van der Waals surface area contributed by atoms with Gasteiger partial charge in [0.1, 0.15) is 11.2 Å². The molecule has 9 aromatic rings. The number of hydrogen-bond acceptors (Lipinski definition) is 3. The zero-order valence-corrected chi connectivity index (χ0v) is 30.5. The molecule has 2 aliphatic carbocycles. The Kier molecular flexibility index (Phi) is 7.41. The van der Waals surface area contributed by atoms with E-state index >= 15 is 0 Å². The minimum Gasteiger partial charge on any atom is -0.455 e. The van der Waals surface area contributed by atoms with E-state index in [1.807, 2.05) is 12.1 Å². The largest absolute Gasteiger partial charge is 0.455 e. The van der Waals surface area contributed by atoms with Gasteiger partial charge in [0, 0.05) is 38.4 Å². The van der Waals surface area contributed by atoms with Crippen molar-refractivity contribution in [2.45, 2.75) is 37.5 Å². The second-order valence-electron chi connectivity index (χ2n) is 15.2. The van der Waals surface area contributed by atoms with Gasteiger partial charge in [-0.1, -0.05) is 177 Å². The number of rotatable bonds is 5. The number of furan rings is 1. The molecule has 0 amide bonds. The highest BCUT2D eigenvalue weighted by molar-refractivity contribution is 6.13. The van der Waals surface area contributed by atoms with Crippen molar-refractivity contribution in [3.05, 3.63) is 181 Å². The maximum absolute atomic E-state index is 7.13. The molecular formula is C52H38N2O. The van der Waals surface area contributed by atoms with Crippen molar-refractivity contribution < 1.29 is 4.42 Å². The lowest BCUT2D eigenvalue weighted by molar-refractivity contribution is 0.353. The van der Waals surface area contributed by atoms with E-state index in [0.717, 1.165) is 61.1 Å². The first kappa shape index (κ1) is 31.9. The first-order valence-corrected chi connectivity index (χ1v) is 19.5. The fourth-order valence-electron chi connectivity index (χ4n) is 9.61. The highest BCUT2D eigenvalue weighted by atomic mass is 16.3. The first-order valence-electron chi connectivity index (χ1n) is 19.5. The maximum Gasteiger partial charge on any atom is 0.160 e. The smallest absolute Gasteiger partial charge is 0.160 e. The van der Waals surface area contributed by atoms with Gasteiger partial charge in [-0.3, -0.25) is 0 Å². The summed E-state index contributed by atoms with van der Waals surface area (Å²) in [6, 6.07) is 60.6. The van der Waals surface area contributed by atoms with Crippen LogP contribution in [0.3, 0.4) is 0 Å². The van der Waals surface area contributed by atoms with Crippen LogP contribution in [0, 0.1) is 0 Å². The van der Waals surface area contributed by atoms with E-state index in [1.54, 1.807) is 0 Å². The number of aromatic nitrogens is 2. The van der Waals surface area contributed by atoms with E-state index in [2.05, 4.69) is 158 Å². The monoisotopic (exact) mass is 706 g/mol. The molecule has 0 N–H and O–H groups in total. The summed E-state index contributed by atoms with van der Waals surface area (Å²) in [5.41, 5.74) is 17.0. The summed E-state index contributed by atoms with van der Waals surface area (Å²) in [5.74, 6) is 0.682. The zero-order chi connectivity index (χ0) is 36.3. The second-order valence-corrected chi connectivity index (χ2v) is 15.2. The molecule has 0 bridgehead atoms. The lowest BCUT2D eigenvalue weighted by atomic mass is 9.66. The van der Waals surface area contributed by atoms with Gasteiger partial charge in [0.15, 0.2) is 5.82 Å². The molecule has 2 aliphatic rings. The fourth-order valence-corrected chi connectivity index (χ4v) is 9.61. The molecule has 11 rings (SSSR count). The van der Waals surface area contributed by atoms with E-state index in [9.17, 15) is 0 Å². The second kappa shape index (κ2) is 12.8. The SMILES string of the molecule is c1ccc(-c2ccc(-c3nc(-c4ccccc4)cc(-c4cccc5c4oc4c(-c6cccc7c6C6(CCCCC6)c6ccccc6-7)cccc45)n3)cc2)cc1. The van der Waals surface area contributed by atoms with Crippen molar-refractivity contribution in [3.63, 3.8) is 0 Å². The van der Waals surface area contributed by atoms with Crippen molar-refractivity contribution in [2.24, 2.45) is 0 Å². The summed E-state index contributed by atoms with van der Waals surface area (Å²) in [7, 11) is 0. The molecule has 262 valence electrons. The summed E-state index contributed by atoms with van der Waals surface area (Å²) in [6.45, 7) is 0. The predicted octanol–water partition coefficient (Wildman–Crippen LogP) is 13.9. The molecule has 0 radical (unpaired) electrons. The third-order valence-corrected chi connectivity index (χ3v) is 12.1. The van der Waals surface area contributed by atoms with Gasteiger partial charge >= 0.3 is 0 Å². The van der Waals surface area contributed by atoms with Crippen LogP contribution in [0.1, 0.15) is 43.2 Å². The predicted molar refractivity (Wildman–Crippen MR) is 226 cm³/mol. The number of fused-ring (bicyclic) bond motifs is 8. The average Bonchev–Trinajstić information content (AvgIpc) is 3.78. The van der Waals surface area contributed by atoms with Crippen LogP contribution in [0.2, 0.25) is 0 Å². The lowest BCUT2D eigenvalue weighted by Gasteiger charge is -2.37. The van der Waals surface area contributed by atoms with Gasteiger partial charge < -0.3 is 4.42 Å². The highest BCUT2D eigenvalue weighted by Crippen LogP contribution is 2.58. The molecule has 7 aromatic carbocycles. The molecule has 0 aliphatic heterocycles. The number of para-hydroxylation sites is 2. The Bertz CT molecular complexity index is 2880. The molecule has 2 heterocycles. The van der Waals surface area contributed by atoms with Crippen molar-refractivity contribution in [1.29, 1.82) is 0 Å². The van der Waals surface area contributed by atoms with E-state index < -0.39 is 0 Å². The Labute approximate surface area is 321 Å². The Morgan fingerprint density at radius 2 is 0.927 bits per heavy atom. The molecule has 55 heavy (non-hydrogen) atoms. The first-order chi connectivity index (χ1) is 27.2. The topological polar surface area (TPSA) is 38.9 Å². The van der Waals surface area contributed by atoms with E-state index in [4.69, 9.17) is 14.4 Å². The van der Waals surface area contributed by atoms with Crippen LogP contribution < -0.4 is 0 Å². The van der Waals surface area contributed by atoms with Crippen molar-refractivity contribution in [2.75, 3.05) is 0 Å². The lowest BCUT2D eigenvalue weighted by Crippen LogP contribution is -2.28. The molecule has 0 unspecified atom stereocenters. The molecule has 3 heteroatoms. The van der Waals surface area contributed by atoms with Gasteiger partial charge in [-0.2, -0.15) is 0 Å². The summed E-state index contributed by atoms with van der Waals surface area (Å²) >= 11 is 0. The summed E-state index contributed by atoms with van der Waals surface area (Å²) in [5, 5.41) is 2.21. The van der Waals surface area contributed by atoms with Gasteiger partial charge in [0.05, 0.1) is 11.4 Å². The molecule has 2 aromatic heterocycles. The number of nitrogens with zero attached hydrogens (tertiary/aromatic N) is 2. The molecule has 1 saturated carbocycles. The minimum atomic E-state index is 0.0323. The Morgan fingerprint density at radius 3 is 1.67 bits per heavy atom. The summed E-state index contributed by atoms with van der Waals surface area (Å²) in [4.78, 5) is 10.4. The Morgan fingerprint density at radius 1 is 0.400 bits per heavy atom. The van der Waals surface area contributed by atoms with Crippen molar-refractivity contribution >= 4 is 21.9 Å². The van der Waals surface area contributed by atoms with Crippen LogP contribution in [0.5, 0.6) is 0 Å². The maximum atomic E-state index is 7.13. The summed E-state index contributed by atoms with van der Waals surface area (Å²) < 4.78 is 7.13. The molecule has 1 spiro atoms. The van der Waals surface area contributed by atoms with Gasteiger partial charge in [-0.25, -0.2) is 9.97 Å². The molecule has 1 fully saturated rings. The van der Waals surface area contributed by atoms with Crippen LogP contribution >= 0.6 is 0 Å². The van der Waals surface area contributed by atoms with Crippen LogP contribution in [0.15, 0.2) is 174 Å².